The van der Waals surface area contributed by atoms with Crippen LogP contribution in [0.5, 0.6) is 0 Å². The maximum Gasteiger partial charge on any atom is 0.346 e. The summed E-state index contributed by atoms with van der Waals surface area (Å²) < 4.78 is 176. The predicted molar refractivity (Wildman–Crippen MR) is 96.3 cm³/mol. The molecule has 198 valence electrons. The quantitative estimate of drug-likeness (QED) is 0.159. The van der Waals surface area contributed by atoms with Gasteiger partial charge in [-0.3, -0.25) is 9.05 Å². The van der Waals surface area contributed by atoms with Crippen molar-refractivity contribution in [1.29, 1.82) is 0 Å². The standard InChI is InChI=1S/C9H9Cl3F12N3O3P3/c10-31(11)25-32(12,28-1-7(19,20)4(13)14)27-33(26-31,29-2-8(21,22)5(15)16)30-3-9(23,24)6(17)18/h4-6H,1-3H2. The van der Waals surface area contributed by atoms with Crippen LogP contribution in [0, 0.1) is 0 Å². The lowest BCUT2D eigenvalue weighted by Crippen LogP contribution is -2.33. The van der Waals surface area contributed by atoms with Gasteiger partial charge >= 0.3 is 51.5 Å². The highest BCUT2D eigenvalue weighted by atomic mass is 35.9. The molecule has 0 amide bonds. The monoisotopic (exact) mass is 633 g/mol. The van der Waals surface area contributed by atoms with E-state index in [4.69, 9.17) is 33.7 Å². The third-order valence-corrected chi connectivity index (χ3v) is 13.5. The largest absolute Gasteiger partial charge is 0.346 e. The van der Waals surface area contributed by atoms with E-state index in [2.05, 4.69) is 27.1 Å². The minimum absolute atomic E-state index is 2.26. The second kappa shape index (κ2) is 10.9. The Bertz CT molecular complexity index is 843. The summed E-state index contributed by atoms with van der Waals surface area (Å²) in [5, 5.41) is 0. The lowest BCUT2D eigenvalue weighted by atomic mass is 10.4. The van der Waals surface area contributed by atoms with Gasteiger partial charge in [-0.1, -0.05) is 0 Å². The van der Waals surface area contributed by atoms with Gasteiger partial charge in [0, 0.05) is 0 Å². The topological polar surface area (TPSA) is 64.8 Å². The highest BCUT2D eigenvalue weighted by Gasteiger charge is 2.49. The minimum atomic E-state index is -5.34. The average molecular weight is 634 g/mol. The van der Waals surface area contributed by atoms with Crippen LogP contribution < -0.4 is 0 Å². The van der Waals surface area contributed by atoms with Gasteiger partial charge in [0.05, 0.1) is 0 Å². The van der Waals surface area contributed by atoms with Crippen molar-refractivity contribution in [3.63, 3.8) is 0 Å². The van der Waals surface area contributed by atoms with Crippen molar-refractivity contribution in [3.05, 3.63) is 0 Å². The fraction of sp³-hybridized carbons (Fsp3) is 1.00. The van der Waals surface area contributed by atoms with Crippen molar-refractivity contribution in [3.8, 4) is 0 Å². The number of hydrogen-bond acceptors (Lipinski definition) is 6. The van der Waals surface area contributed by atoms with Crippen molar-refractivity contribution in [2.24, 2.45) is 13.5 Å². The number of alkyl halides is 12. The molecule has 1 aliphatic rings. The Morgan fingerprint density at radius 2 is 0.909 bits per heavy atom. The van der Waals surface area contributed by atoms with Gasteiger partial charge in [0.1, 0.15) is 19.8 Å². The molecule has 1 atom stereocenters. The molecule has 0 aromatic rings. The molecular weight excluding hydrogens is 625 g/mol. The summed E-state index contributed by atoms with van der Waals surface area (Å²) in [5.74, 6) is -19.5. The third-order valence-electron chi connectivity index (χ3n) is 2.89. The molecular formula is C9H9Cl3F12N3O3P3. The Morgan fingerprint density at radius 3 is 1.24 bits per heavy atom. The minimum Gasteiger partial charge on any atom is -0.309 e. The van der Waals surface area contributed by atoms with Gasteiger partial charge in [-0.25, -0.2) is 26.3 Å². The zero-order valence-corrected chi connectivity index (χ0v) is 19.9. The first-order valence-electron chi connectivity index (χ1n) is 7.49. The molecule has 1 rings (SSSR count). The summed E-state index contributed by atoms with van der Waals surface area (Å²) in [6.07, 6.45) is -13.2. The Kier molecular flexibility index (Phi) is 10.5. The van der Waals surface area contributed by atoms with E-state index in [0.29, 0.717) is 0 Å². The predicted octanol–water partition coefficient (Wildman–Crippen LogP) is 9.31. The van der Waals surface area contributed by atoms with Gasteiger partial charge in [0.2, 0.25) is 0 Å². The highest BCUT2D eigenvalue weighted by Crippen LogP contribution is 2.84. The molecule has 6 nitrogen and oxygen atoms in total. The highest BCUT2D eigenvalue weighted by molar-refractivity contribution is 8.14. The van der Waals surface area contributed by atoms with Crippen molar-refractivity contribution in [2.45, 2.75) is 37.0 Å². The lowest BCUT2D eigenvalue weighted by Gasteiger charge is -2.30. The van der Waals surface area contributed by atoms with Gasteiger partial charge in [0.15, 0.2) is 0 Å². The molecule has 33 heavy (non-hydrogen) atoms. The zero-order chi connectivity index (χ0) is 26.1. The third kappa shape index (κ3) is 9.20. The molecule has 0 radical (unpaired) electrons. The van der Waals surface area contributed by atoms with Crippen LogP contribution in [-0.4, -0.2) is 56.9 Å². The van der Waals surface area contributed by atoms with Crippen molar-refractivity contribution in [2.75, 3.05) is 19.8 Å². The molecule has 0 aromatic heterocycles. The molecule has 0 bridgehead atoms. The maximum atomic E-state index is 13.3. The van der Waals surface area contributed by atoms with Crippen LogP contribution in [0.1, 0.15) is 0 Å². The smallest absolute Gasteiger partial charge is 0.309 e. The van der Waals surface area contributed by atoms with Crippen molar-refractivity contribution >= 4 is 54.1 Å². The molecule has 1 unspecified atom stereocenters. The van der Waals surface area contributed by atoms with Gasteiger partial charge in [-0.05, 0) is 33.7 Å². The Balaban J connectivity index is 3.50. The molecule has 1 heterocycles. The summed E-state index contributed by atoms with van der Waals surface area (Å²) in [5.41, 5.74) is 0. The van der Waals surface area contributed by atoms with E-state index in [-0.39, 0.29) is 0 Å². The Hall–Kier alpha value is 0.600. The number of halogens is 15. The summed E-state index contributed by atoms with van der Waals surface area (Å²) in [6.45, 7) is -12.0. The number of rotatable bonds is 12. The molecule has 1 aliphatic heterocycles. The molecule has 0 saturated carbocycles. The van der Waals surface area contributed by atoms with E-state index in [1.807, 2.05) is 0 Å². The van der Waals surface area contributed by atoms with Gasteiger partial charge < -0.3 is 4.52 Å². The molecule has 0 aliphatic carbocycles. The average Bonchev–Trinajstić information content (AvgIpc) is 2.62. The van der Waals surface area contributed by atoms with Crippen LogP contribution in [0.15, 0.2) is 13.5 Å². The van der Waals surface area contributed by atoms with E-state index >= 15 is 0 Å². The SMILES string of the molecule is FC(F)C(F)(F)COP1(Cl)=NP(Cl)(Cl)=NP(OCC(F)(F)C(F)F)(OCC(F)(F)C(F)F)=N1. The van der Waals surface area contributed by atoms with E-state index in [1.165, 1.54) is 0 Å². The van der Waals surface area contributed by atoms with Gasteiger partial charge in [-0.2, -0.15) is 39.9 Å². The lowest BCUT2D eigenvalue weighted by molar-refractivity contribution is -0.157. The van der Waals surface area contributed by atoms with Crippen LogP contribution in [0.4, 0.5) is 52.7 Å². The molecule has 0 fully saturated rings. The Morgan fingerprint density at radius 1 is 0.576 bits per heavy atom. The van der Waals surface area contributed by atoms with E-state index < -0.39 is 77.2 Å². The summed E-state index contributed by atoms with van der Waals surface area (Å²) in [6, 6.07) is 0. The summed E-state index contributed by atoms with van der Waals surface area (Å²) in [7, 11) is -5.34. The Labute approximate surface area is 191 Å². The number of nitrogens with zero attached hydrogens (tertiary/aromatic N) is 3. The first-order valence-corrected chi connectivity index (χ1v) is 15.0. The normalized spacial score (nSPS) is 23.5. The first kappa shape index (κ1) is 31.6. The second-order valence-corrected chi connectivity index (χ2v) is 16.1. The van der Waals surface area contributed by atoms with Crippen LogP contribution >= 0.6 is 54.1 Å². The number of hydrogen-bond donors (Lipinski definition) is 0. The second-order valence-electron chi connectivity index (χ2n) is 5.69. The van der Waals surface area contributed by atoms with Gasteiger partial charge in [-0.15, -0.1) is 0 Å². The van der Waals surface area contributed by atoms with Crippen LogP contribution in [0.3, 0.4) is 0 Å². The van der Waals surface area contributed by atoms with E-state index in [1.54, 1.807) is 0 Å². The zero-order valence-electron chi connectivity index (χ0n) is 14.9. The van der Waals surface area contributed by atoms with Crippen LogP contribution in [0.25, 0.3) is 0 Å². The maximum absolute atomic E-state index is 13.3. The van der Waals surface area contributed by atoms with Crippen LogP contribution in [0.2, 0.25) is 0 Å². The van der Waals surface area contributed by atoms with E-state index in [9.17, 15) is 52.7 Å². The molecule has 0 aromatic carbocycles. The molecule has 24 heteroatoms. The van der Waals surface area contributed by atoms with Crippen molar-refractivity contribution in [1.82, 2.24) is 0 Å². The molecule has 0 N–H and O–H groups in total. The van der Waals surface area contributed by atoms with Crippen molar-refractivity contribution < 1.29 is 66.3 Å². The summed E-state index contributed by atoms with van der Waals surface area (Å²) in [4.78, 5) is 0. The molecule has 0 spiro atoms. The first-order chi connectivity index (χ1) is 14.6. The fourth-order valence-corrected chi connectivity index (χ4v) is 13.9. The fourth-order valence-electron chi connectivity index (χ4n) is 1.35. The summed E-state index contributed by atoms with van der Waals surface area (Å²) >= 11 is 16.8. The molecule has 0 saturated heterocycles. The van der Waals surface area contributed by atoms with Crippen LogP contribution in [-0.2, 0) is 13.6 Å². The van der Waals surface area contributed by atoms with Gasteiger partial charge in [0.25, 0.3) is 5.91 Å². The van der Waals surface area contributed by atoms with E-state index in [0.717, 1.165) is 0 Å².